The Balaban J connectivity index is 1.54. The Kier molecular flexibility index (Phi) is 6.88. The van der Waals surface area contributed by atoms with E-state index in [1.54, 1.807) is 0 Å². The number of hydrogen-bond donors (Lipinski definition) is 1. The second-order valence-electron chi connectivity index (χ2n) is 6.91. The number of halogens is 3. The Hall–Kier alpha value is -2.22. The number of benzene rings is 1. The monoisotopic (exact) mass is 479 g/mol. The first-order chi connectivity index (χ1) is 14.5. The predicted octanol–water partition coefficient (Wildman–Crippen LogP) is 2.36. The van der Waals surface area contributed by atoms with Gasteiger partial charge in [0.2, 0.25) is 20.0 Å². The molecule has 170 valence electrons. The summed E-state index contributed by atoms with van der Waals surface area (Å²) in [6.07, 6.45) is -1.19. The molecule has 0 aliphatic carbocycles. The molecule has 8 nitrogen and oxygen atoms in total. The van der Waals surface area contributed by atoms with Crippen molar-refractivity contribution in [3.63, 3.8) is 0 Å². The van der Waals surface area contributed by atoms with Crippen molar-refractivity contribution in [2.45, 2.75) is 29.0 Å². The highest BCUT2D eigenvalue weighted by atomic mass is 32.2. The van der Waals surface area contributed by atoms with E-state index in [0.717, 1.165) is 24.3 Å². The van der Waals surface area contributed by atoms with Crippen LogP contribution in [0, 0.1) is 5.92 Å². The van der Waals surface area contributed by atoms with Crippen molar-refractivity contribution in [3.8, 4) is 5.75 Å². The average Bonchev–Trinajstić information content (AvgIpc) is 2.72. The van der Waals surface area contributed by atoms with Crippen LogP contribution in [0.1, 0.15) is 12.8 Å². The molecule has 0 atom stereocenters. The number of ether oxygens (including phenoxy) is 1. The molecule has 2 heterocycles. The van der Waals surface area contributed by atoms with Gasteiger partial charge in [0, 0.05) is 32.0 Å². The third kappa shape index (κ3) is 6.15. The van der Waals surface area contributed by atoms with Crippen molar-refractivity contribution >= 4 is 20.0 Å². The third-order valence-corrected chi connectivity index (χ3v) is 8.10. The fourth-order valence-electron chi connectivity index (χ4n) is 3.13. The maximum absolute atomic E-state index is 12.6. The second-order valence-corrected chi connectivity index (χ2v) is 10.6. The summed E-state index contributed by atoms with van der Waals surface area (Å²) in [5, 5.41) is 0. The normalized spacial score (nSPS) is 16.9. The van der Waals surface area contributed by atoms with Crippen LogP contribution in [0.5, 0.6) is 5.75 Å². The molecule has 0 amide bonds. The minimum Gasteiger partial charge on any atom is -0.406 e. The highest BCUT2D eigenvalue weighted by molar-refractivity contribution is 7.89. The standard InChI is InChI=1S/C18H20F3N3O5S2/c19-18(20,21)29-15-3-5-16(6-4-15)30(25,26)23-12-14-7-10-24(11-8-14)31(27,28)17-2-1-9-22-13-17/h1-6,9,13-14,23H,7-8,10-12H2. The number of alkyl halides is 3. The molecule has 13 heteroatoms. The molecule has 1 aromatic carbocycles. The van der Waals surface area contributed by atoms with Gasteiger partial charge in [0.05, 0.1) is 4.90 Å². The lowest BCUT2D eigenvalue weighted by Crippen LogP contribution is -2.41. The summed E-state index contributed by atoms with van der Waals surface area (Å²) in [4.78, 5) is 3.73. The van der Waals surface area contributed by atoms with Crippen molar-refractivity contribution < 1.29 is 34.7 Å². The Morgan fingerprint density at radius 2 is 1.68 bits per heavy atom. The molecule has 1 fully saturated rings. The third-order valence-electron chi connectivity index (χ3n) is 4.78. The summed E-state index contributed by atoms with van der Waals surface area (Å²) >= 11 is 0. The lowest BCUT2D eigenvalue weighted by Gasteiger charge is -2.31. The number of rotatable bonds is 7. The summed E-state index contributed by atoms with van der Waals surface area (Å²) in [7, 11) is -7.58. The molecule has 1 aliphatic rings. The summed E-state index contributed by atoms with van der Waals surface area (Å²) in [6, 6.07) is 6.89. The molecular formula is C18H20F3N3O5S2. The van der Waals surface area contributed by atoms with Gasteiger partial charge in [-0.05, 0) is 55.2 Å². The van der Waals surface area contributed by atoms with E-state index in [4.69, 9.17) is 0 Å². The Morgan fingerprint density at radius 1 is 1.03 bits per heavy atom. The van der Waals surface area contributed by atoms with E-state index in [1.165, 1.54) is 28.8 Å². The zero-order valence-electron chi connectivity index (χ0n) is 16.1. The zero-order valence-corrected chi connectivity index (χ0v) is 17.8. The maximum atomic E-state index is 12.6. The van der Waals surface area contributed by atoms with Crippen LogP contribution < -0.4 is 9.46 Å². The van der Waals surface area contributed by atoms with Crippen LogP contribution in [-0.2, 0) is 20.0 Å². The van der Waals surface area contributed by atoms with Crippen molar-refractivity contribution in [2.24, 2.45) is 5.92 Å². The topological polar surface area (TPSA) is 106 Å². The Bertz CT molecular complexity index is 1080. The minimum atomic E-state index is -4.86. The van der Waals surface area contributed by atoms with E-state index in [0.29, 0.717) is 12.8 Å². The van der Waals surface area contributed by atoms with Gasteiger partial charge in [-0.3, -0.25) is 4.98 Å². The fraction of sp³-hybridized carbons (Fsp3) is 0.389. The number of nitrogens with one attached hydrogen (secondary N) is 1. The molecule has 31 heavy (non-hydrogen) atoms. The van der Waals surface area contributed by atoms with E-state index in [1.807, 2.05) is 0 Å². The van der Waals surface area contributed by atoms with E-state index in [-0.39, 0.29) is 35.3 Å². The van der Waals surface area contributed by atoms with Crippen LogP contribution in [0.4, 0.5) is 13.2 Å². The lowest BCUT2D eigenvalue weighted by atomic mass is 9.99. The summed E-state index contributed by atoms with van der Waals surface area (Å²) in [5.41, 5.74) is 0. The first-order valence-corrected chi connectivity index (χ1v) is 12.2. The Labute approximate surface area is 178 Å². The molecule has 1 saturated heterocycles. The largest absolute Gasteiger partial charge is 0.573 e. The number of piperidine rings is 1. The maximum Gasteiger partial charge on any atom is 0.573 e. The van der Waals surface area contributed by atoms with Gasteiger partial charge in [-0.25, -0.2) is 21.6 Å². The van der Waals surface area contributed by atoms with Gasteiger partial charge in [0.25, 0.3) is 0 Å². The summed E-state index contributed by atoms with van der Waals surface area (Å²) in [5.74, 6) is -0.600. The second kappa shape index (κ2) is 9.10. The molecule has 0 bridgehead atoms. The number of pyridine rings is 1. The van der Waals surface area contributed by atoms with E-state index < -0.39 is 32.2 Å². The van der Waals surface area contributed by atoms with Crippen LogP contribution in [0.25, 0.3) is 0 Å². The predicted molar refractivity (Wildman–Crippen MR) is 104 cm³/mol. The van der Waals surface area contributed by atoms with E-state index in [9.17, 15) is 30.0 Å². The fourth-order valence-corrected chi connectivity index (χ4v) is 5.68. The van der Waals surface area contributed by atoms with Crippen molar-refractivity contribution in [1.29, 1.82) is 0 Å². The zero-order chi connectivity index (χ0) is 22.7. The van der Waals surface area contributed by atoms with Crippen LogP contribution in [-0.4, -0.2) is 52.1 Å². The van der Waals surface area contributed by atoms with Gasteiger partial charge in [0.15, 0.2) is 0 Å². The van der Waals surface area contributed by atoms with Crippen LogP contribution in [0.15, 0.2) is 58.6 Å². The molecule has 2 aromatic rings. The van der Waals surface area contributed by atoms with Gasteiger partial charge in [-0.1, -0.05) is 0 Å². The average molecular weight is 480 g/mol. The molecule has 3 rings (SSSR count). The van der Waals surface area contributed by atoms with Gasteiger partial charge < -0.3 is 4.74 Å². The number of sulfonamides is 2. The van der Waals surface area contributed by atoms with Crippen molar-refractivity contribution in [1.82, 2.24) is 14.0 Å². The molecule has 0 spiro atoms. The summed E-state index contributed by atoms with van der Waals surface area (Å²) < 4.78 is 94.1. The highest BCUT2D eigenvalue weighted by Gasteiger charge is 2.32. The Morgan fingerprint density at radius 3 is 2.23 bits per heavy atom. The van der Waals surface area contributed by atoms with Crippen molar-refractivity contribution in [3.05, 3.63) is 48.8 Å². The van der Waals surface area contributed by atoms with Gasteiger partial charge in [-0.15, -0.1) is 13.2 Å². The van der Waals surface area contributed by atoms with Gasteiger partial charge >= 0.3 is 6.36 Å². The molecule has 0 unspecified atom stereocenters. The first-order valence-electron chi connectivity index (χ1n) is 9.23. The van der Waals surface area contributed by atoms with E-state index >= 15 is 0 Å². The molecular weight excluding hydrogens is 459 g/mol. The SMILES string of the molecule is O=S(=O)(NCC1CCN(S(=O)(=O)c2cccnc2)CC1)c1ccc(OC(F)(F)F)cc1. The van der Waals surface area contributed by atoms with Crippen LogP contribution in [0.3, 0.4) is 0 Å². The molecule has 0 radical (unpaired) electrons. The summed E-state index contributed by atoms with van der Waals surface area (Å²) in [6.45, 7) is 0.574. The minimum absolute atomic E-state index is 0.0806. The van der Waals surface area contributed by atoms with Gasteiger partial charge in [-0.2, -0.15) is 4.31 Å². The molecule has 1 aromatic heterocycles. The first kappa shape index (κ1) is 23.4. The molecule has 1 aliphatic heterocycles. The van der Waals surface area contributed by atoms with Gasteiger partial charge in [0.1, 0.15) is 10.6 Å². The number of aromatic nitrogens is 1. The lowest BCUT2D eigenvalue weighted by molar-refractivity contribution is -0.274. The van der Waals surface area contributed by atoms with Crippen molar-refractivity contribution in [2.75, 3.05) is 19.6 Å². The number of nitrogens with zero attached hydrogens (tertiary/aromatic N) is 2. The van der Waals surface area contributed by atoms with Crippen LogP contribution in [0.2, 0.25) is 0 Å². The molecule has 1 N–H and O–H groups in total. The number of hydrogen-bond acceptors (Lipinski definition) is 6. The molecule has 0 saturated carbocycles. The van der Waals surface area contributed by atoms with E-state index in [2.05, 4.69) is 14.4 Å². The smallest absolute Gasteiger partial charge is 0.406 e. The quantitative estimate of drug-likeness (QED) is 0.654. The van der Waals surface area contributed by atoms with Crippen LogP contribution >= 0.6 is 0 Å². The highest BCUT2D eigenvalue weighted by Crippen LogP contribution is 2.25.